The summed E-state index contributed by atoms with van der Waals surface area (Å²) in [6, 6.07) is 3.81. The molecule has 0 amide bonds. The molecular formula is C10H13N3S. The molecule has 0 unspecified atom stereocenters. The summed E-state index contributed by atoms with van der Waals surface area (Å²) in [4.78, 5) is 0. The van der Waals surface area contributed by atoms with Gasteiger partial charge in [0.2, 0.25) is 0 Å². The maximum Gasteiger partial charge on any atom is 0.137 e. The van der Waals surface area contributed by atoms with Crippen LogP contribution >= 0.6 is 11.8 Å². The Morgan fingerprint density at radius 3 is 3.00 bits per heavy atom. The molecule has 1 aromatic rings. The van der Waals surface area contributed by atoms with E-state index in [0.29, 0.717) is 11.5 Å². The van der Waals surface area contributed by atoms with Crippen LogP contribution in [0, 0.1) is 17.2 Å². The second-order valence-electron chi connectivity index (χ2n) is 3.39. The summed E-state index contributed by atoms with van der Waals surface area (Å²) in [5.74, 6) is 1.68. The topological polar surface area (TPSA) is 49.6 Å². The van der Waals surface area contributed by atoms with Gasteiger partial charge in [0.15, 0.2) is 0 Å². The van der Waals surface area contributed by atoms with Crippen molar-refractivity contribution in [2.45, 2.75) is 25.3 Å². The maximum atomic E-state index is 8.80. The number of rotatable bonds is 4. The van der Waals surface area contributed by atoms with Crippen LogP contribution < -0.4 is 0 Å². The summed E-state index contributed by atoms with van der Waals surface area (Å²) in [6.07, 6.45) is 2.68. The van der Waals surface area contributed by atoms with E-state index in [2.05, 4.69) is 30.1 Å². The first kappa shape index (κ1) is 11.0. The molecule has 0 fully saturated rings. The van der Waals surface area contributed by atoms with E-state index in [4.69, 9.17) is 5.26 Å². The Morgan fingerprint density at radius 2 is 2.36 bits per heavy atom. The predicted octanol–water partition coefficient (Wildman–Crippen LogP) is 2.49. The van der Waals surface area contributed by atoms with Crippen LogP contribution in [0.1, 0.15) is 25.8 Å². The molecule has 0 spiro atoms. The highest BCUT2D eigenvalue weighted by Crippen LogP contribution is 2.20. The van der Waals surface area contributed by atoms with Crippen molar-refractivity contribution in [2.24, 2.45) is 5.92 Å². The molecule has 74 valence electrons. The Balaban J connectivity index is 2.54. The van der Waals surface area contributed by atoms with Gasteiger partial charge in [-0.15, -0.1) is 16.9 Å². The van der Waals surface area contributed by atoms with Crippen molar-refractivity contribution in [1.29, 1.82) is 5.26 Å². The molecule has 0 aliphatic heterocycles. The number of aromatic nitrogens is 2. The van der Waals surface area contributed by atoms with E-state index in [9.17, 15) is 0 Å². The van der Waals surface area contributed by atoms with Gasteiger partial charge in [0.05, 0.1) is 11.8 Å². The number of hydrogen-bond donors (Lipinski definition) is 0. The molecule has 0 bridgehead atoms. The number of nitriles is 1. The molecule has 4 heteroatoms. The zero-order valence-electron chi connectivity index (χ0n) is 8.40. The Kier molecular flexibility index (Phi) is 4.41. The van der Waals surface area contributed by atoms with E-state index in [0.717, 1.165) is 17.2 Å². The van der Waals surface area contributed by atoms with E-state index >= 15 is 0 Å². The van der Waals surface area contributed by atoms with E-state index < -0.39 is 0 Å². The maximum absolute atomic E-state index is 8.80. The highest BCUT2D eigenvalue weighted by atomic mass is 32.2. The lowest BCUT2D eigenvalue weighted by atomic mass is 10.2. The lowest BCUT2D eigenvalue weighted by molar-refractivity contribution is 0.631. The summed E-state index contributed by atoms with van der Waals surface area (Å²) >= 11 is 1.60. The molecule has 1 heterocycles. The minimum Gasteiger partial charge on any atom is -0.192 e. The Hall–Kier alpha value is -1.08. The van der Waals surface area contributed by atoms with Crippen molar-refractivity contribution in [2.75, 3.05) is 5.75 Å². The first-order valence-corrected chi connectivity index (χ1v) is 5.57. The fourth-order valence-electron chi connectivity index (χ4n) is 0.902. The van der Waals surface area contributed by atoms with E-state index in [-0.39, 0.29) is 0 Å². The van der Waals surface area contributed by atoms with Gasteiger partial charge < -0.3 is 0 Å². The molecule has 0 aliphatic rings. The van der Waals surface area contributed by atoms with Gasteiger partial charge in [-0.1, -0.05) is 13.8 Å². The highest BCUT2D eigenvalue weighted by Gasteiger charge is 2.04. The second-order valence-corrected chi connectivity index (χ2v) is 4.48. The van der Waals surface area contributed by atoms with Crippen LogP contribution in [0.2, 0.25) is 0 Å². The largest absolute Gasteiger partial charge is 0.192 e. The smallest absolute Gasteiger partial charge is 0.137 e. The Labute approximate surface area is 88.5 Å². The second kappa shape index (κ2) is 5.61. The lowest BCUT2D eigenvalue weighted by Gasteiger charge is -2.03. The van der Waals surface area contributed by atoms with E-state index in [1.54, 1.807) is 24.0 Å². The summed E-state index contributed by atoms with van der Waals surface area (Å²) in [6.45, 7) is 4.37. The van der Waals surface area contributed by atoms with E-state index in [1.165, 1.54) is 0 Å². The minimum atomic E-state index is 0.619. The van der Waals surface area contributed by atoms with Crippen LogP contribution in [0.3, 0.4) is 0 Å². The van der Waals surface area contributed by atoms with Crippen LogP contribution in [0.15, 0.2) is 17.3 Å². The first-order chi connectivity index (χ1) is 6.74. The van der Waals surface area contributed by atoms with Crippen molar-refractivity contribution < 1.29 is 0 Å². The fraction of sp³-hybridized carbons (Fsp3) is 0.500. The van der Waals surface area contributed by atoms with Gasteiger partial charge in [-0.25, -0.2) is 0 Å². The van der Waals surface area contributed by atoms with Crippen molar-refractivity contribution in [3.05, 3.63) is 17.8 Å². The average molecular weight is 207 g/mol. The Morgan fingerprint density at radius 1 is 1.57 bits per heavy atom. The highest BCUT2D eigenvalue weighted by molar-refractivity contribution is 7.99. The quantitative estimate of drug-likeness (QED) is 0.712. The van der Waals surface area contributed by atoms with Crippen molar-refractivity contribution in [3.8, 4) is 6.07 Å². The molecule has 0 aliphatic carbocycles. The fourth-order valence-corrected chi connectivity index (χ4v) is 2.06. The van der Waals surface area contributed by atoms with Crippen molar-refractivity contribution >= 4 is 11.8 Å². The van der Waals surface area contributed by atoms with Gasteiger partial charge >= 0.3 is 0 Å². The standard InChI is InChI=1S/C10H13N3S/c1-8(2)4-6-14-10-9(7-11)3-5-12-13-10/h3,5,8H,4,6H2,1-2H3. The van der Waals surface area contributed by atoms with Gasteiger partial charge in [0, 0.05) is 0 Å². The number of hydrogen-bond acceptors (Lipinski definition) is 4. The molecule has 3 nitrogen and oxygen atoms in total. The normalized spacial score (nSPS) is 10.1. The van der Waals surface area contributed by atoms with Gasteiger partial charge in [0.1, 0.15) is 11.1 Å². The van der Waals surface area contributed by atoms with Crippen LogP contribution in [0.25, 0.3) is 0 Å². The van der Waals surface area contributed by atoms with Crippen LogP contribution in [-0.4, -0.2) is 16.0 Å². The zero-order chi connectivity index (χ0) is 10.4. The molecule has 0 saturated heterocycles. The molecule has 0 radical (unpaired) electrons. The SMILES string of the molecule is CC(C)CCSc1nnccc1C#N. The zero-order valence-corrected chi connectivity index (χ0v) is 9.21. The van der Waals surface area contributed by atoms with Crippen LogP contribution in [0.5, 0.6) is 0 Å². The van der Waals surface area contributed by atoms with Crippen LogP contribution in [0.4, 0.5) is 0 Å². The molecule has 1 aromatic heterocycles. The molecule has 0 N–H and O–H groups in total. The third-order valence-corrected chi connectivity index (χ3v) is 2.76. The molecule has 0 atom stereocenters. The third-order valence-electron chi connectivity index (χ3n) is 1.74. The third kappa shape index (κ3) is 3.35. The van der Waals surface area contributed by atoms with Crippen molar-refractivity contribution in [1.82, 2.24) is 10.2 Å². The summed E-state index contributed by atoms with van der Waals surface area (Å²) < 4.78 is 0. The molecule has 14 heavy (non-hydrogen) atoms. The summed E-state index contributed by atoms with van der Waals surface area (Å²) in [5, 5.41) is 17.2. The molecular weight excluding hydrogens is 194 g/mol. The monoisotopic (exact) mass is 207 g/mol. The molecule has 0 aromatic carbocycles. The molecule has 1 rings (SSSR count). The predicted molar refractivity (Wildman–Crippen MR) is 56.9 cm³/mol. The first-order valence-electron chi connectivity index (χ1n) is 4.58. The number of thioether (sulfide) groups is 1. The average Bonchev–Trinajstić information content (AvgIpc) is 2.18. The van der Waals surface area contributed by atoms with Gasteiger partial charge in [-0.05, 0) is 24.2 Å². The Bertz CT molecular complexity index is 330. The van der Waals surface area contributed by atoms with Gasteiger partial charge in [-0.3, -0.25) is 0 Å². The van der Waals surface area contributed by atoms with Crippen LogP contribution in [-0.2, 0) is 0 Å². The van der Waals surface area contributed by atoms with E-state index in [1.807, 2.05) is 0 Å². The number of nitrogens with zero attached hydrogens (tertiary/aromatic N) is 3. The minimum absolute atomic E-state index is 0.619. The van der Waals surface area contributed by atoms with Gasteiger partial charge in [0.25, 0.3) is 0 Å². The van der Waals surface area contributed by atoms with Crippen molar-refractivity contribution in [3.63, 3.8) is 0 Å². The summed E-state index contributed by atoms with van der Waals surface area (Å²) in [5.41, 5.74) is 0.619. The summed E-state index contributed by atoms with van der Waals surface area (Å²) in [7, 11) is 0. The lowest BCUT2D eigenvalue weighted by Crippen LogP contribution is -1.93. The van der Waals surface area contributed by atoms with Gasteiger partial charge in [-0.2, -0.15) is 10.4 Å². The molecule has 0 saturated carbocycles.